The Morgan fingerprint density at radius 1 is 1.33 bits per heavy atom. The van der Waals surface area contributed by atoms with E-state index in [0.29, 0.717) is 0 Å². The summed E-state index contributed by atoms with van der Waals surface area (Å²) in [4.78, 5) is 2.24. The second-order valence-electron chi connectivity index (χ2n) is 4.91. The fourth-order valence-electron chi connectivity index (χ4n) is 2.12. The van der Waals surface area contributed by atoms with Crippen LogP contribution < -0.4 is 10.6 Å². The average molecular weight is 213 g/mol. The molecule has 90 valence electrons. The maximum Gasteiger partial charge on any atom is -0.00127 e. The first-order valence-electron chi connectivity index (χ1n) is 6.35. The summed E-state index contributed by atoms with van der Waals surface area (Å²) in [5, 5.41) is 7.00. The van der Waals surface area contributed by atoms with E-state index in [2.05, 4.69) is 29.6 Å². The molecule has 15 heavy (non-hydrogen) atoms. The Morgan fingerprint density at radius 3 is 2.87 bits per heavy atom. The number of rotatable bonds is 7. The smallest absolute Gasteiger partial charge is 0.00127 e. The highest BCUT2D eigenvalue weighted by Crippen LogP contribution is 2.12. The Bertz CT molecular complexity index is 142. The molecule has 2 N–H and O–H groups in total. The highest BCUT2D eigenvalue weighted by Gasteiger charge is 2.11. The lowest BCUT2D eigenvalue weighted by Crippen LogP contribution is -2.32. The quantitative estimate of drug-likeness (QED) is 0.616. The lowest BCUT2D eigenvalue weighted by molar-refractivity contribution is 0.348. The molecular weight excluding hydrogens is 186 g/mol. The molecule has 0 saturated carbocycles. The lowest BCUT2D eigenvalue weighted by Gasteiger charge is -2.22. The normalized spacial score (nSPS) is 22.2. The molecule has 0 aromatic rings. The summed E-state index contributed by atoms with van der Waals surface area (Å²) in [5.41, 5.74) is 0. The minimum Gasteiger partial charge on any atom is -0.317 e. The van der Waals surface area contributed by atoms with Gasteiger partial charge in [0, 0.05) is 0 Å². The maximum atomic E-state index is 3.53. The highest BCUT2D eigenvalue weighted by atomic mass is 15.1. The van der Waals surface area contributed by atoms with Crippen molar-refractivity contribution in [3.8, 4) is 0 Å². The van der Waals surface area contributed by atoms with Crippen LogP contribution in [0.15, 0.2) is 0 Å². The van der Waals surface area contributed by atoms with E-state index >= 15 is 0 Å². The predicted octanol–water partition coefficient (Wildman–Crippen LogP) is 0.917. The van der Waals surface area contributed by atoms with Crippen molar-refractivity contribution in [1.29, 1.82) is 0 Å². The van der Waals surface area contributed by atoms with Crippen molar-refractivity contribution in [3.63, 3.8) is 0 Å². The van der Waals surface area contributed by atoms with Crippen molar-refractivity contribution in [2.45, 2.75) is 25.7 Å². The van der Waals surface area contributed by atoms with Gasteiger partial charge in [-0.25, -0.2) is 0 Å². The molecule has 0 spiro atoms. The van der Waals surface area contributed by atoms with Gasteiger partial charge in [0.05, 0.1) is 0 Å². The van der Waals surface area contributed by atoms with E-state index in [4.69, 9.17) is 0 Å². The van der Waals surface area contributed by atoms with Crippen LogP contribution in [0.25, 0.3) is 0 Å². The van der Waals surface area contributed by atoms with Crippen LogP contribution in [0.2, 0.25) is 0 Å². The second-order valence-corrected chi connectivity index (χ2v) is 4.91. The molecule has 1 heterocycles. The molecule has 0 aromatic heterocycles. The average Bonchev–Trinajstić information content (AvgIpc) is 2.24. The van der Waals surface area contributed by atoms with Gasteiger partial charge in [-0.15, -0.1) is 0 Å². The first-order valence-corrected chi connectivity index (χ1v) is 6.35. The molecule has 1 aliphatic rings. The molecule has 1 aliphatic heterocycles. The first kappa shape index (κ1) is 12.9. The maximum absolute atomic E-state index is 3.53. The summed E-state index contributed by atoms with van der Waals surface area (Å²) < 4.78 is 0. The van der Waals surface area contributed by atoms with Gasteiger partial charge in [-0.2, -0.15) is 0 Å². The predicted molar refractivity (Wildman–Crippen MR) is 66.3 cm³/mol. The van der Waals surface area contributed by atoms with E-state index in [-0.39, 0.29) is 0 Å². The number of hydrogen-bond donors (Lipinski definition) is 2. The van der Waals surface area contributed by atoms with Crippen LogP contribution in [0.3, 0.4) is 0 Å². The van der Waals surface area contributed by atoms with Gasteiger partial charge in [-0.1, -0.05) is 0 Å². The Morgan fingerprint density at radius 2 is 2.20 bits per heavy atom. The summed E-state index contributed by atoms with van der Waals surface area (Å²) in [6.07, 6.45) is 5.39. The number of hydrogen-bond acceptors (Lipinski definition) is 3. The molecule has 0 aromatic carbocycles. The topological polar surface area (TPSA) is 27.3 Å². The third-order valence-electron chi connectivity index (χ3n) is 3.09. The highest BCUT2D eigenvalue weighted by molar-refractivity contribution is 4.69. The Balaban J connectivity index is 1.83. The molecule has 3 nitrogen and oxygen atoms in total. The van der Waals surface area contributed by atoms with Crippen molar-refractivity contribution < 1.29 is 0 Å². The molecule has 1 atom stereocenters. The van der Waals surface area contributed by atoms with E-state index in [0.717, 1.165) is 5.92 Å². The Kier molecular flexibility index (Phi) is 6.98. The fourth-order valence-corrected chi connectivity index (χ4v) is 2.12. The van der Waals surface area contributed by atoms with Gasteiger partial charge < -0.3 is 15.5 Å². The first-order chi connectivity index (χ1) is 7.29. The second kappa shape index (κ2) is 8.08. The summed E-state index contributed by atoms with van der Waals surface area (Å²) in [5.74, 6) is 0.917. The fraction of sp³-hybridized carbons (Fsp3) is 1.00. The molecule has 1 saturated heterocycles. The van der Waals surface area contributed by atoms with Crippen molar-refractivity contribution in [3.05, 3.63) is 0 Å². The van der Waals surface area contributed by atoms with E-state index in [1.165, 1.54) is 58.4 Å². The van der Waals surface area contributed by atoms with Crippen molar-refractivity contribution in [1.82, 2.24) is 15.5 Å². The molecule has 1 unspecified atom stereocenters. The lowest BCUT2D eigenvalue weighted by atomic mass is 9.96. The van der Waals surface area contributed by atoms with Gasteiger partial charge in [-0.3, -0.25) is 0 Å². The summed E-state index contributed by atoms with van der Waals surface area (Å²) in [6, 6.07) is 0. The minimum atomic E-state index is 0.917. The van der Waals surface area contributed by atoms with Crippen LogP contribution in [0, 0.1) is 5.92 Å². The monoisotopic (exact) mass is 213 g/mol. The van der Waals surface area contributed by atoms with Crippen molar-refractivity contribution >= 4 is 0 Å². The van der Waals surface area contributed by atoms with E-state index < -0.39 is 0 Å². The molecular formula is C12H27N3. The molecule has 0 bridgehead atoms. The van der Waals surface area contributed by atoms with Gasteiger partial charge in [0.1, 0.15) is 0 Å². The largest absolute Gasteiger partial charge is 0.317 e. The SMILES string of the molecule is CN(C)CCCNCCC1CCCNC1. The van der Waals surface area contributed by atoms with Gasteiger partial charge in [0.2, 0.25) is 0 Å². The van der Waals surface area contributed by atoms with Crippen LogP contribution in [0.5, 0.6) is 0 Å². The van der Waals surface area contributed by atoms with Gasteiger partial charge >= 0.3 is 0 Å². The molecule has 1 rings (SSSR count). The molecule has 3 heteroatoms. The number of nitrogens with one attached hydrogen (secondary N) is 2. The zero-order chi connectivity index (χ0) is 10.9. The van der Waals surface area contributed by atoms with Gasteiger partial charge in [0.15, 0.2) is 0 Å². The van der Waals surface area contributed by atoms with Crippen LogP contribution >= 0.6 is 0 Å². The van der Waals surface area contributed by atoms with E-state index in [1.807, 2.05) is 0 Å². The van der Waals surface area contributed by atoms with Gasteiger partial charge in [0.25, 0.3) is 0 Å². The van der Waals surface area contributed by atoms with Crippen molar-refractivity contribution in [2.75, 3.05) is 46.8 Å². The summed E-state index contributed by atoms with van der Waals surface area (Å²) in [6.45, 7) is 6.02. The third kappa shape index (κ3) is 6.88. The number of piperidine rings is 1. The molecule has 0 aliphatic carbocycles. The van der Waals surface area contributed by atoms with Gasteiger partial charge in [-0.05, 0) is 78.4 Å². The van der Waals surface area contributed by atoms with E-state index in [9.17, 15) is 0 Å². The Labute approximate surface area is 94.6 Å². The zero-order valence-corrected chi connectivity index (χ0v) is 10.4. The summed E-state index contributed by atoms with van der Waals surface area (Å²) in [7, 11) is 4.27. The zero-order valence-electron chi connectivity index (χ0n) is 10.4. The third-order valence-corrected chi connectivity index (χ3v) is 3.09. The van der Waals surface area contributed by atoms with E-state index in [1.54, 1.807) is 0 Å². The van der Waals surface area contributed by atoms with Crippen LogP contribution in [-0.4, -0.2) is 51.7 Å². The number of nitrogens with zero attached hydrogens (tertiary/aromatic N) is 1. The molecule has 0 amide bonds. The molecule has 0 radical (unpaired) electrons. The standard InChI is InChI=1S/C12H27N3/c1-15(2)10-4-8-13-9-6-12-5-3-7-14-11-12/h12-14H,3-11H2,1-2H3. The molecule has 1 fully saturated rings. The van der Waals surface area contributed by atoms with Crippen molar-refractivity contribution in [2.24, 2.45) is 5.92 Å². The Hall–Kier alpha value is -0.120. The van der Waals surface area contributed by atoms with Crippen LogP contribution in [0.1, 0.15) is 25.7 Å². The van der Waals surface area contributed by atoms with Crippen LogP contribution in [0.4, 0.5) is 0 Å². The van der Waals surface area contributed by atoms with Crippen LogP contribution in [-0.2, 0) is 0 Å². The summed E-state index contributed by atoms with van der Waals surface area (Å²) >= 11 is 0. The minimum absolute atomic E-state index is 0.917.